The molecule has 100 valence electrons. The second kappa shape index (κ2) is 5.67. The molecule has 2 heterocycles. The van der Waals surface area contributed by atoms with Crippen LogP contribution in [0.4, 0.5) is 5.82 Å². The molecule has 5 nitrogen and oxygen atoms in total. The predicted octanol–water partition coefficient (Wildman–Crippen LogP) is 0.0783. The summed E-state index contributed by atoms with van der Waals surface area (Å²) in [5.74, 6) is 1.11. The van der Waals surface area contributed by atoms with Gasteiger partial charge in [-0.3, -0.25) is 0 Å². The Balaban J connectivity index is 2.14. The van der Waals surface area contributed by atoms with Crippen molar-refractivity contribution in [3.8, 4) is 0 Å². The van der Waals surface area contributed by atoms with E-state index in [9.17, 15) is 8.42 Å². The van der Waals surface area contributed by atoms with E-state index in [0.717, 1.165) is 37.6 Å². The van der Waals surface area contributed by atoms with Gasteiger partial charge >= 0.3 is 0 Å². The highest BCUT2D eigenvalue weighted by Gasteiger charge is 2.15. The number of nitrogens with zero attached hydrogens (tertiary/aromatic N) is 2. The summed E-state index contributed by atoms with van der Waals surface area (Å²) in [4.78, 5) is 6.62. The molecule has 0 aromatic carbocycles. The highest BCUT2D eigenvalue weighted by Crippen LogP contribution is 2.18. The van der Waals surface area contributed by atoms with Crippen LogP contribution in [0, 0.1) is 0 Å². The molecular weight excluding hydrogens is 250 g/mol. The van der Waals surface area contributed by atoms with Crippen LogP contribution in [-0.4, -0.2) is 51.6 Å². The Labute approximate surface area is 108 Å². The monoisotopic (exact) mass is 269 g/mol. The minimum Gasteiger partial charge on any atom is -0.354 e. The standard InChI is InChI=1S/C12H19N3O2S/c1-18(16,17)10-4-11-3-2-5-14-12(11)15-8-6-13-7-9-15/h2-3,5,13H,4,6-10H2,1H3. The maximum atomic E-state index is 11.2. The van der Waals surface area contributed by atoms with Crippen molar-refractivity contribution in [1.82, 2.24) is 10.3 Å². The fourth-order valence-electron chi connectivity index (χ4n) is 2.08. The van der Waals surface area contributed by atoms with Crippen molar-refractivity contribution in [3.63, 3.8) is 0 Å². The zero-order valence-electron chi connectivity index (χ0n) is 10.6. The summed E-state index contributed by atoms with van der Waals surface area (Å²) < 4.78 is 22.5. The molecule has 0 saturated carbocycles. The van der Waals surface area contributed by atoms with Crippen molar-refractivity contribution >= 4 is 15.7 Å². The molecule has 18 heavy (non-hydrogen) atoms. The van der Waals surface area contributed by atoms with Crippen molar-refractivity contribution in [2.45, 2.75) is 6.42 Å². The van der Waals surface area contributed by atoms with E-state index in [4.69, 9.17) is 0 Å². The van der Waals surface area contributed by atoms with Crippen molar-refractivity contribution in [1.29, 1.82) is 0 Å². The van der Waals surface area contributed by atoms with E-state index in [-0.39, 0.29) is 5.75 Å². The van der Waals surface area contributed by atoms with E-state index >= 15 is 0 Å². The molecule has 1 aromatic heterocycles. The molecule has 1 N–H and O–H groups in total. The molecule has 0 atom stereocenters. The van der Waals surface area contributed by atoms with Crippen molar-refractivity contribution in [2.75, 3.05) is 43.1 Å². The van der Waals surface area contributed by atoms with E-state index in [1.165, 1.54) is 6.26 Å². The minimum atomic E-state index is -2.93. The van der Waals surface area contributed by atoms with Gasteiger partial charge in [-0.05, 0) is 18.1 Å². The lowest BCUT2D eigenvalue weighted by Gasteiger charge is -2.29. The number of aryl methyl sites for hydroxylation is 1. The van der Waals surface area contributed by atoms with Gasteiger partial charge in [0, 0.05) is 38.6 Å². The third kappa shape index (κ3) is 3.68. The Morgan fingerprint density at radius 1 is 1.39 bits per heavy atom. The van der Waals surface area contributed by atoms with Gasteiger partial charge in [0.25, 0.3) is 0 Å². The lowest BCUT2D eigenvalue weighted by atomic mass is 10.2. The number of aromatic nitrogens is 1. The Morgan fingerprint density at radius 2 is 2.11 bits per heavy atom. The van der Waals surface area contributed by atoms with Crippen LogP contribution in [-0.2, 0) is 16.3 Å². The molecule has 2 rings (SSSR count). The summed E-state index contributed by atoms with van der Waals surface area (Å²) in [5.41, 5.74) is 1.02. The highest BCUT2D eigenvalue weighted by molar-refractivity contribution is 7.90. The van der Waals surface area contributed by atoms with Gasteiger partial charge in [-0.2, -0.15) is 0 Å². The first kappa shape index (κ1) is 13.3. The third-order valence-electron chi connectivity index (χ3n) is 3.03. The van der Waals surface area contributed by atoms with Crippen LogP contribution in [0.25, 0.3) is 0 Å². The molecular formula is C12H19N3O2S. The second-order valence-electron chi connectivity index (χ2n) is 4.60. The van der Waals surface area contributed by atoms with Crippen LogP contribution in [0.3, 0.4) is 0 Å². The summed E-state index contributed by atoms with van der Waals surface area (Å²) >= 11 is 0. The summed E-state index contributed by atoms with van der Waals surface area (Å²) in [6.45, 7) is 3.73. The number of hydrogen-bond acceptors (Lipinski definition) is 5. The van der Waals surface area contributed by atoms with E-state index in [2.05, 4.69) is 15.2 Å². The normalized spacial score (nSPS) is 16.8. The number of hydrogen-bond donors (Lipinski definition) is 1. The molecule has 1 aromatic rings. The van der Waals surface area contributed by atoms with Gasteiger partial charge in [0.15, 0.2) is 0 Å². The highest BCUT2D eigenvalue weighted by atomic mass is 32.2. The van der Waals surface area contributed by atoms with Gasteiger partial charge in [-0.25, -0.2) is 13.4 Å². The number of piperazine rings is 1. The van der Waals surface area contributed by atoms with E-state index in [0.29, 0.717) is 6.42 Å². The Bertz CT molecular complexity index is 496. The molecule has 0 amide bonds. The average molecular weight is 269 g/mol. The molecule has 0 bridgehead atoms. The summed E-state index contributed by atoms with van der Waals surface area (Å²) in [7, 11) is -2.93. The van der Waals surface area contributed by atoms with Gasteiger partial charge < -0.3 is 10.2 Å². The average Bonchev–Trinajstić information content (AvgIpc) is 2.37. The van der Waals surface area contributed by atoms with Crippen molar-refractivity contribution in [2.24, 2.45) is 0 Å². The summed E-state index contributed by atoms with van der Waals surface area (Å²) in [6, 6.07) is 3.83. The van der Waals surface area contributed by atoms with Gasteiger partial charge in [0.2, 0.25) is 0 Å². The number of pyridine rings is 1. The zero-order chi connectivity index (χ0) is 13.0. The van der Waals surface area contributed by atoms with Crippen molar-refractivity contribution in [3.05, 3.63) is 23.9 Å². The fraction of sp³-hybridized carbons (Fsp3) is 0.583. The first-order valence-electron chi connectivity index (χ1n) is 6.13. The molecule has 0 spiro atoms. The topological polar surface area (TPSA) is 62.3 Å². The molecule has 1 aliphatic rings. The number of sulfone groups is 1. The molecule has 1 aliphatic heterocycles. The van der Waals surface area contributed by atoms with Crippen LogP contribution < -0.4 is 10.2 Å². The number of anilines is 1. The van der Waals surface area contributed by atoms with E-state index in [1.54, 1.807) is 6.20 Å². The first-order valence-corrected chi connectivity index (χ1v) is 8.19. The van der Waals surface area contributed by atoms with Crippen LogP contribution in [0.1, 0.15) is 5.56 Å². The summed E-state index contributed by atoms with van der Waals surface area (Å²) in [6.07, 6.45) is 3.57. The van der Waals surface area contributed by atoms with Crippen molar-refractivity contribution < 1.29 is 8.42 Å². The smallest absolute Gasteiger partial charge is 0.147 e. The van der Waals surface area contributed by atoms with Crippen LogP contribution in [0.2, 0.25) is 0 Å². The van der Waals surface area contributed by atoms with E-state index in [1.807, 2.05) is 12.1 Å². The van der Waals surface area contributed by atoms with Gasteiger partial charge in [-0.15, -0.1) is 0 Å². The van der Waals surface area contributed by atoms with E-state index < -0.39 is 9.84 Å². The predicted molar refractivity (Wildman–Crippen MR) is 72.7 cm³/mol. The molecule has 0 radical (unpaired) electrons. The van der Waals surface area contributed by atoms with Crippen LogP contribution in [0.15, 0.2) is 18.3 Å². The maximum absolute atomic E-state index is 11.2. The quantitative estimate of drug-likeness (QED) is 0.838. The van der Waals surface area contributed by atoms with Gasteiger partial charge in [-0.1, -0.05) is 6.07 Å². The SMILES string of the molecule is CS(=O)(=O)CCc1cccnc1N1CCNCC1. The lowest BCUT2D eigenvalue weighted by Crippen LogP contribution is -2.44. The molecule has 1 saturated heterocycles. The Kier molecular flexibility index (Phi) is 4.19. The number of rotatable bonds is 4. The van der Waals surface area contributed by atoms with Crippen LogP contribution >= 0.6 is 0 Å². The van der Waals surface area contributed by atoms with Gasteiger partial charge in [0.05, 0.1) is 5.75 Å². The Hall–Kier alpha value is -1.14. The molecule has 1 fully saturated rings. The lowest BCUT2D eigenvalue weighted by molar-refractivity contribution is 0.583. The second-order valence-corrected chi connectivity index (χ2v) is 6.86. The minimum absolute atomic E-state index is 0.178. The maximum Gasteiger partial charge on any atom is 0.147 e. The number of nitrogens with one attached hydrogen (secondary N) is 1. The van der Waals surface area contributed by atoms with Gasteiger partial charge in [0.1, 0.15) is 15.7 Å². The largest absolute Gasteiger partial charge is 0.354 e. The zero-order valence-corrected chi connectivity index (χ0v) is 11.4. The molecule has 0 aliphatic carbocycles. The summed E-state index contributed by atoms with van der Waals surface area (Å²) in [5, 5.41) is 3.29. The fourth-order valence-corrected chi connectivity index (χ4v) is 2.67. The first-order chi connectivity index (χ1) is 8.56. The Morgan fingerprint density at radius 3 is 2.78 bits per heavy atom. The molecule has 0 unspecified atom stereocenters. The third-order valence-corrected chi connectivity index (χ3v) is 3.97. The van der Waals surface area contributed by atoms with Crippen LogP contribution in [0.5, 0.6) is 0 Å². The molecule has 6 heteroatoms.